The first-order chi connectivity index (χ1) is 17.1. The molecule has 0 aliphatic rings. The van der Waals surface area contributed by atoms with Crippen molar-refractivity contribution in [1.82, 2.24) is 10.6 Å². The minimum Gasteiger partial charge on any atom is -0.508 e. The molecular weight excluding hydrogens is 440 g/mol. The van der Waals surface area contributed by atoms with Crippen molar-refractivity contribution in [3.05, 3.63) is 24.3 Å². The molecule has 0 atom stereocenters. The Morgan fingerprint density at radius 3 is 1.57 bits per heavy atom. The quantitative estimate of drug-likeness (QED) is 0.118. The molecule has 0 bridgehead atoms. The van der Waals surface area contributed by atoms with Gasteiger partial charge in [-0.05, 0) is 30.7 Å². The summed E-state index contributed by atoms with van der Waals surface area (Å²) in [5, 5.41) is 14.7. The van der Waals surface area contributed by atoms with Crippen LogP contribution in [0.15, 0.2) is 24.3 Å². The number of phenolic OH excluding ortho intramolecular Hbond substituents is 1. The van der Waals surface area contributed by atoms with Crippen LogP contribution in [0.2, 0.25) is 0 Å². The Balaban J connectivity index is 1.81. The number of hydrogen-bond acceptors (Lipinski definition) is 4. The number of carbonyl (C=O) groups excluding carboxylic acids is 2. The number of benzene rings is 1. The largest absolute Gasteiger partial charge is 0.508 e. The van der Waals surface area contributed by atoms with Crippen LogP contribution in [-0.4, -0.2) is 36.6 Å². The number of ether oxygens (including phenoxy) is 1. The first-order valence-corrected chi connectivity index (χ1v) is 14.1. The van der Waals surface area contributed by atoms with Crippen LogP contribution >= 0.6 is 0 Å². The second kappa shape index (κ2) is 22.2. The molecule has 200 valence electrons. The average molecular weight is 491 g/mol. The van der Waals surface area contributed by atoms with Crippen LogP contribution in [0.4, 0.5) is 0 Å². The lowest BCUT2D eigenvalue weighted by atomic mass is 10.0. The Kier molecular flexibility index (Phi) is 19.6. The Hall–Kier alpha value is -2.24. The number of rotatable bonds is 23. The molecule has 0 aromatic heterocycles. The van der Waals surface area contributed by atoms with E-state index in [9.17, 15) is 14.7 Å². The second-order valence-electron chi connectivity index (χ2n) is 9.52. The number of unbranched alkanes of at least 4 members (excludes halogenated alkanes) is 15. The van der Waals surface area contributed by atoms with Gasteiger partial charge in [-0.1, -0.05) is 103 Å². The van der Waals surface area contributed by atoms with Crippen LogP contribution < -0.4 is 15.4 Å². The maximum atomic E-state index is 11.9. The Morgan fingerprint density at radius 2 is 1.09 bits per heavy atom. The minimum absolute atomic E-state index is 0.155. The van der Waals surface area contributed by atoms with Crippen molar-refractivity contribution >= 4 is 11.8 Å². The zero-order chi connectivity index (χ0) is 25.4. The zero-order valence-electron chi connectivity index (χ0n) is 22.1. The summed E-state index contributed by atoms with van der Waals surface area (Å²) in [6.45, 7) is 3.53. The third-order valence-corrected chi connectivity index (χ3v) is 6.20. The SMILES string of the molecule is CCCCCCCCCCCCCCCCCCNC(=O)CC(=O)NCCOc1ccc(O)cc1. The highest BCUT2D eigenvalue weighted by atomic mass is 16.5. The van der Waals surface area contributed by atoms with Crippen molar-refractivity contribution in [3.8, 4) is 11.5 Å². The molecule has 1 rings (SSSR count). The van der Waals surface area contributed by atoms with Crippen LogP contribution in [0.5, 0.6) is 11.5 Å². The molecule has 35 heavy (non-hydrogen) atoms. The van der Waals surface area contributed by atoms with E-state index in [4.69, 9.17) is 4.74 Å². The van der Waals surface area contributed by atoms with Gasteiger partial charge < -0.3 is 20.5 Å². The second-order valence-corrected chi connectivity index (χ2v) is 9.52. The molecule has 0 fully saturated rings. The highest BCUT2D eigenvalue weighted by molar-refractivity contribution is 5.96. The molecule has 3 N–H and O–H groups in total. The Bertz CT molecular complexity index is 649. The predicted molar refractivity (Wildman–Crippen MR) is 144 cm³/mol. The molecule has 1 aromatic carbocycles. The fourth-order valence-corrected chi connectivity index (χ4v) is 4.07. The first-order valence-electron chi connectivity index (χ1n) is 14.1. The van der Waals surface area contributed by atoms with Gasteiger partial charge in [0.25, 0.3) is 0 Å². The molecule has 2 amide bonds. The molecule has 0 radical (unpaired) electrons. The molecule has 0 saturated carbocycles. The lowest BCUT2D eigenvalue weighted by molar-refractivity contribution is -0.129. The van der Waals surface area contributed by atoms with Gasteiger partial charge in [-0.15, -0.1) is 0 Å². The van der Waals surface area contributed by atoms with Crippen molar-refractivity contribution in [2.75, 3.05) is 19.7 Å². The van der Waals surface area contributed by atoms with Crippen LogP contribution in [0, 0.1) is 0 Å². The molecule has 1 aromatic rings. The third kappa shape index (κ3) is 19.7. The van der Waals surface area contributed by atoms with Gasteiger partial charge in [0, 0.05) is 6.54 Å². The monoisotopic (exact) mass is 490 g/mol. The van der Waals surface area contributed by atoms with Crippen LogP contribution in [0.1, 0.15) is 116 Å². The van der Waals surface area contributed by atoms with E-state index in [1.165, 1.54) is 102 Å². The van der Waals surface area contributed by atoms with Gasteiger partial charge in [0.2, 0.25) is 11.8 Å². The Labute approximate surface area is 213 Å². The summed E-state index contributed by atoms with van der Waals surface area (Å²) in [5.74, 6) is 0.261. The molecule has 0 saturated heterocycles. The van der Waals surface area contributed by atoms with Crippen molar-refractivity contribution in [1.29, 1.82) is 0 Å². The molecular formula is C29H50N2O4. The van der Waals surface area contributed by atoms with E-state index in [1.54, 1.807) is 12.1 Å². The summed E-state index contributed by atoms with van der Waals surface area (Å²) in [6, 6.07) is 6.39. The predicted octanol–water partition coefficient (Wildman–Crippen LogP) is 6.66. The van der Waals surface area contributed by atoms with E-state index in [2.05, 4.69) is 17.6 Å². The van der Waals surface area contributed by atoms with Gasteiger partial charge in [-0.25, -0.2) is 0 Å². The number of aromatic hydroxyl groups is 1. The van der Waals surface area contributed by atoms with Crippen LogP contribution in [0.3, 0.4) is 0 Å². The van der Waals surface area contributed by atoms with Crippen molar-refractivity contribution in [2.45, 2.75) is 116 Å². The van der Waals surface area contributed by atoms with Gasteiger partial charge in [0.15, 0.2) is 0 Å². The van der Waals surface area contributed by atoms with Crippen molar-refractivity contribution < 1.29 is 19.4 Å². The Morgan fingerprint density at radius 1 is 0.657 bits per heavy atom. The third-order valence-electron chi connectivity index (χ3n) is 6.20. The number of amides is 2. The maximum absolute atomic E-state index is 11.9. The lowest BCUT2D eigenvalue weighted by Gasteiger charge is -2.08. The topological polar surface area (TPSA) is 87.7 Å². The van der Waals surface area contributed by atoms with Gasteiger partial charge in [0.05, 0.1) is 6.54 Å². The number of carbonyl (C=O) groups is 2. The van der Waals surface area contributed by atoms with E-state index in [0.29, 0.717) is 25.4 Å². The van der Waals surface area contributed by atoms with Crippen molar-refractivity contribution in [3.63, 3.8) is 0 Å². The summed E-state index contributed by atoms with van der Waals surface area (Å²) < 4.78 is 5.46. The van der Waals surface area contributed by atoms with Gasteiger partial charge >= 0.3 is 0 Å². The van der Waals surface area contributed by atoms with Crippen molar-refractivity contribution in [2.24, 2.45) is 0 Å². The summed E-state index contributed by atoms with van der Waals surface area (Å²) in [6.07, 6.45) is 21.1. The number of phenols is 1. The van der Waals surface area contributed by atoms with E-state index < -0.39 is 0 Å². The molecule has 0 heterocycles. The van der Waals surface area contributed by atoms with E-state index in [1.807, 2.05) is 0 Å². The van der Waals surface area contributed by atoms with Gasteiger partial charge in [0.1, 0.15) is 24.5 Å². The summed E-state index contributed by atoms with van der Waals surface area (Å²) in [4.78, 5) is 23.7. The fraction of sp³-hybridized carbons (Fsp3) is 0.724. The van der Waals surface area contributed by atoms with Gasteiger partial charge in [-0.2, -0.15) is 0 Å². The number of nitrogens with one attached hydrogen (secondary N) is 2. The maximum Gasteiger partial charge on any atom is 0.229 e. The molecule has 6 nitrogen and oxygen atoms in total. The van der Waals surface area contributed by atoms with Crippen LogP contribution in [0.25, 0.3) is 0 Å². The van der Waals surface area contributed by atoms with E-state index in [0.717, 1.165) is 12.8 Å². The first kappa shape index (κ1) is 30.8. The normalized spacial score (nSPS) is 10.8. The van der Waals surface area contributed by atoms with E-state index >= 15 is 0 Å². The lowest BCUT2D eigenvalue weighted by Crippen LogP contribution is -2.34. The van der Waals surface area contributed by atoms with Gasteiger partial charge in [-0.3, -0.25) is 9.59 Å². The summed E-state index contributed by atoms with van der Waals surface area (Å²) >= 11 is 0. The summed E-state index contributed by atoms with van der Waals surface area (Å²) in [5.41, 5.74) is 0. The molecule has 0 aliphatic carbocycles. The smallest absolute Gasteiger partial charge is 0.229 e. The van der Waals surface area contributed by atoms with E-state index in [-0.39, 0.29) is 24.0 Å². The highest BCUT2D eigenvalue weighted by Gasteiger charge is 2.08. The van der Waals surface area contributed by atoms with Crippen LogP contribution in [-0.2, 0) is 9.59 Å². The molecule has 0 aliphatic heterocycles. The molecule has 0 spiro atoms. The highest BCUT2D eigenvalue weighted by Crippen LogP contribution is 2.15. The summed E-state index contributed by atoms with van der Waals surface area (Å²) in [7, 11) is 0. The standard InChI is InChI=1S/C29H50N2O4/c1-2-3-4-5-6-7-8-9-10-11-12-13-14-15-16-17-22-30-28(33)25-29(34)31-23-24-35-27-20-18-26(32)19-21-27/h18-21,32H,2-17,22-25H2,1H3,(H,30,33)(H,31,34). The minimum atomic E-state index is -0.302. The average Bonchev–Trinajstić information content (AvgIpc) is 2.85. The zero-order valence-corrected chi connectivity index (χ0v) is 22.1. The fourth-order valence-electron chi connectivity index (χ4n) is 4.07. The molecule has 0 unspecified atom stereocenters. The number of hydrogen-bond donors (Lipinski definition) is 3. The molecule has 6 heteroatoms.